The van der Waals surface area contributed by atoms with Crippen LogP contribution in [0.3, 0.4) is 0 Å². The van der Waals surface area contributed by atoms with Crippen LogP contribution in [0.1, 0.15) is 58.6 Å². The first-order valence-electron chi connectivity index (χ1n) is 8.31. The van der Waals surface area contributed by atoms with Crippen molar-refractivity contribution in [1.82, 2.24) is 4.72 Å². The van der Waals surface area contributed by atoms with E-state index in [1.54, 1.807) is 0 Å². The molecule has 0 saturated carbocycles. The zero-order valence-corrected chi connectivity index (χ0v) is 14.8. The normalized spacial score (nSPS) is 22.7. The van der Waals surface area contributed by atoms with Gasteiger partial charge in [-0.1, -0.05) is 12.8 Å². The summed E-state index contributed by atoms with van der Waals surface area (Å²) in [5.41, 5.74) is 1.22. The fraction of sp³-hybridized carbons (Fsp3) is 0.688. The molecule has 1 N–H and O–H groups in total. The van der Waals surface area contributed by atoms with Gasteiger partial charge in [0, 0.05) is 11.5 Å². The van der Waals surface area contributed by atoms with Gasteiger partial charge in [-0.15, -0.1) is 11.3 Å². The third-order valence-electron chi connectivity index (χ3n) is 4.51. The van der Waals surface area contributed by atoms with Crippen molar-refractivity contribution in [3.05, 3.63) is 21.4 Å². The van der Waals surface area contributed by atoms with Crippen molar-refractivity contribution in [1.29, 1.82) is 0 Å². The number of nitrogens with one attached hydrogen (secondary N) is 1. The van der Waals surface area contributed by atoms with Gasteiger partial charge in [-0.2, -0.15) is 0 Å². The van der Waals surface area contributed by atoms with Crippen LogP contribution in [0.5, 0.6) is 0 Å². The van der Waals surface area contributed by atoms with E-state index in [2.05, 4.69) is 4.72 Å². The Morgan fingerprint density at radius 3 is 2.70 bits per heavy atom. The number of thiophene rings is 1. The average Bonchev–Trinajstić information content (AvgIpc) is 2.90. The smallest absolute Gasteiger partial charge is 0.274 e. The van der Waals surface area contributed by atoms with Crippen LogP contribution in [-0.4, -0.2) is 32.8 Å². The average molecular weight is 357 g/mol. The zero-order valence-electron chi connectivity index (χ0n) is 13.2. The van der Waals surface area contributed by atoms with Gasteiger partial charge in [0.25, 0.3) is 5.91 Å². The first kappa shape index (κ1) is 16.9. The molecule has 0 aromatic carbocycles. The molecule has 1 fully saturated rings. The number of hydrogen-bond acceptors (Lipinski definition) is 5. The second-order valence-corrected chi connectivity index (χ2v) is 9.39. The summed E-state index contributed by atoms with van der Waals surface area (Å²) in [6.45, 7) is 0.765. The van der Waals surface area contributed by atoms with Crippen LogP contribution < -0.4 is 4.72 Å². The second-order valence-electron chi connectivity index (χ2n) is 6.29. The molecule has 0 spiro atoms. The molecule has 1 amide bonds. The van der Waals surface area contributed by atoms with Crippen molar-refractivity contribution >= 4 is 27.3 Å². The van der Waals surface area contributed by atoms with Crippen LogP contribution in [0.4, 0.5) is 0 Å². The van der Waals surface area contributed by atoms with Crippen molar-refractivity contribution in [3.8, 4) is 0 Å². The maximum absolute atomic E-state index is 12.4. The minimum atomic E-state index is -3.66. The van der Waals surface area contributed by atoms with E-state index in [0.717, 1.165) is 25.7 Å². The number of sulfonamides is 1. The Labute approximate surface area is 141 Å². The summed E-state index contributed by atoms with van der Waals surface area (Å²) < 4.78 is 32.1. The van der Waals surface area contributed by atoms with Gasteiger partial charge in [0.1, 0.15) is 5.25 Å². The lowest BCUT2D eigenvalue weighted by atomic mass is 10.00. The van der Waals surface area contributed by atoms with Crippen LogP contribution in [-0.2, 0) is 27.6 Å². The van der Waals surface area contributed by atoms with E-state index >= 15 is 0 Å². The first-order chi connectivity index (χ1) is 11.1. The second kappa shape index (κ2) is 7.32. The zero-order chi connectivity index (χ0) is 16.3. The molecule has 1 aliphatic carbocycles. The van der Waals surface area contributed by atoms with Crippen molar-refractivity contribution in [2.24, 2.45) is 0 Å². The standard InChI is InChI=1S/C16H23NO4S2/c18-16(17-23(19,20)13-7-5-9-21-11-13)15-10-12-6-3-1-2-4-8-14(12)22-15/h10,13H,1-9,11H2,(H,17,18). The third kappa shape index (κ3) is 4.14. The van der Waals surface area contributed by atoms with Gasteiger partial charge in [-0.25, -0.2) is 13.1 Å². The molecule has 1 unspecified atom stereocenters. The van der Waals surface area contributed by atoms with Crippen molar-refractivity contribution in [2.45, 2.75) is 56.6 Å². The summed E-state index contributed by atoms with van der Waals surface area (Å²) in [6, 6.07) is 1.88. The van der Waals surface area contributed by atoms with E-state index < -0.39 is 21.2 Å². The molecule has 1 aromatic heterocycles. The molecule has 3 rings (SSSR count). The minimum Gasteiger partial charge on any atom is -0.380 e. The molecule has 0 radical (unpaired) electrons. The van der Waals surface area contributed by atoms with Crippen molar-refractivity contribution in [2.75, 3.05) is 13.2 Å². The number of carbonyl (C=O) groups is 1. The molecule has 5 nitrogen and oxygen atoms in total. The van der Waals surface area contributed by atoms with Gasteiger partial charge in [0.2, 0.25) is 10.0 Å². The van der Waals surface area contributed by atoms with Gasteiger partial charge in [0.15, 0.2) is 0 Å². The maximum atomic E-state index is 12.4. The molecule has 1 saturated heterocycles. The van der Waals surface area contributed by atoms with Gasteiger partial charge in [-0.3, -0.25) is 4.79 Å². The lowest BCUT2D eigenvalue weighted by Crippen LogP contribution is -2.42. The lowest BCUT2D eigenvalue weighted by Gasteiger charge is -2.22. The van der Waals surface area contributed by atoms with Crippen LogP contribution >= 0.6 is 11.3 Å². The summed E-state index contributed by atoms with van der Waals surface area (Å²) in [5, 5.41) is -0.624. The highest BCUT2D eigenvalue weighted by molar-refractivity contribution is 7.90. The van der Waals surface area contributed by atoms with E-state index in [-0.39, 0.29) is 6.61 Å². The van der Waals surface area contributed by atoms with Crippen molar-refractivity contribution in [3.63, 3.8) is 0 Å². The monoisotopic (exact) mass is 357 g/mol. The Bertz CT molecular complexity index is 634. The first-order valence-corrected chi connectivity index (χ1v) is 10.7. The van der Waals surface area contributed by atoms with Crippen LogP contribution in [0.2, 0.25) is 0 Å². The van der Waals surface area contributed by atoms with Crippen LogP contribution in [0.25, 0.3) is 0 Å². The Morgan fingerprint density at radius 1 is 1.17 bits per heavy atom. The van der Waals surface area contributed by atoms with Gasteiger partial charge in [0.05, 0.1) is 11.5 Å². The van der Waals surface area contributed by atoms with Crippen molar-refractivity contribution < 1.29 is 17.9 Å². The SMILES string of the molecule is O=C(NS(=O)(=O)C1CCCOC1)c1cc2c(s1)CCCCCC2. The number of hydrogen-bond donors (Lipinski definition) is 1. The largest absolute Gasteiger partial charge is 0.380 e. The third-order valence-corrected chi connectivity index (χ3v) is 7.47. The number of rotatable bonds is 3. The Kier molecular flexibility index (Phi) is 5.38. The fourth-order valence-electron chi connectivity index (χ4n) is 3.17. The Morgan fingerprint density at radius 2 is 1.96 bits per heavy atom. The highest BCUT2D eigenvalue weighted by Crippen LogP contribution is 2.28. The molecule has 0 bridgehead atoms. The molecule has 128 valence electrons. The number of carbonyl (C=O) groups excluding carboxylic acids is 1. The topological polar surface area (TPSA) is 72.5 Å². The van der Waals surface area contributed by atoms with E-state index in [1.807, 2.05) is 6.07 Å². The summed E-state index contributed by atoms with van der Waals surface area (Å²) in [6.07, 6.45) is 7.99. The summed E-state index contributed by atoms with van der Waals surface area (Å²) in [5.74, 6) is -0.493. The molecule has 23 heavy (non-hydrogen) atoms. The van der Waals surface area contributed by atoms with E-state index in [1.165, 1.54) is 34.6 Å². The fourth-order valence-corrected chi connectivity index (χ4v) is 5.68. The van der Waals surface area contributed by atoms with Crippen LogP contribution in [0.15, 0.2) is 6.07 Å². The molecule has 2 heterocycles. The number of fused-ring (bicyclic) bond motifs is 1. The van der Waals surface area contributed by atoms with Gasteiger partial charge >= 0.3 is 0 Å². The quantitative estimate of drug-likeness (QED) is 0.903. The minimum absolute atomic E-state index is 0.170. The predicted octanol–water partition coefficient (Wildman–Crippen LogP) is 2.65. The highest BCUT2D eigenvalue weighted by atomic mass is 32.2. The summed E-state index contributed by atoms with van der Waals surface area (Å²) in [7, 11) is -3.66. The summed E-state index contributed by atoms with van der Waals surface area (Å²) in [4.78, 5) is 14.1. The van der Waals surface area contributed by atoms with Gasteiger partial charge in [-0.05, 0) is 50.2 Å². The van der Waals surface area contributed by atoms with E-state index in [4.69, 9.17) is 4.74 Å². The molecule has 2 aliphatic rings. The van der Waals surface area contributed by atoms with Crippen LogP contribution in [0, 0.1) is 0 Å². The number of amides is 1. The molecule has 1 aliphatic heterocycles. The summed E-state index contributed by atoms with van der Waals surface area (Å²) >= 11 is 1.45. The number of ether oxygens (including phenoxy) is 1. The molecule has 1 aromatic rings. The highest BCUT2D eigenvalue weighted by Gasteiger charge is 2.30. The molecular formula is C16H23NO4S2. The predicted molar refractivity (Wildman–Crippen MR) is 90.4 cm³/mol. The molecular weight excluding hydrogens is 334 g/mol. The molecule has 7 heteroatoms. The number of aryl methyl sites for hydroxylation is 2. The molecule has 1 atom stereocenters. The lowest BCUT2D eigenvalue weighted by molar-refractivity contribution is 0.0955. The van der Waals surface area contributed by atoms with Gasteiger partial charge < -0.3 is 4.74 Å². The Balaban J connectivity index is 1.71. The van der Waals surface area contributed by atoms with E-state index in [0.29, 0.717) is 24.3 Å². The van der Waals surface area contributed by atoms with E-state index in [9.17, 15) is 13.2 Å². The Hall–Kier alpha value is -0.920. The maximum Gasteiger partial charge on any atom is 0.274 e.